The van der Waals surface area contributed by atoms with Crippen molar-refractivity contribution in [1.82, 2.24) is 0 Å². The van der Waals surface area contributed by atoms with Crippen LogP contribution in [0.25, 0.3) is 0 Å². The second-order valence-electron chi connectivity index (χ2n) is 5.04. The Bertz CT molecular complexity index is 789. The minimum atomic E-state index is -0.795. The molecular weight excluding hydrogens is 342 g/mol. The number of nitrogens with zero attached hydrogens (tertiary/aromatic N) is 1. The van der Waals surface area contributed by atoms with Gasteiger partial charge >= 0.3 is 11.9 Å². The van der Waals surface area contributed by atoms with Crippen molar-refractivity contribution in [2.75, 3.05) is 19.8 Å². The molecule has 8 heteroatoms. The van der Waals surface area contributed by atoms with Crippen molar-refractivity contribution < 1.29 is 28.7 Å². The summed E-state index contributed by atoms with van der Waals surface area (Å²) in [4.78, 5) is 34.2. The number of benzene rings is 2. The second-order valence-corrected chi connectivity index (χ2v) is 5.04. The molecule has 2 rings (SSSR count). The lowest BCUT2D eigenvalue weighted by Crippen LogP contribution is -2.14. The Morgan fingerprint density at radius 1 is 0.962 bits per heavy atom. The first kappa shape index (κ1) is 18.9. The summed E-state index contributed by atoms with van der Waals surface area (Å²) in [5.74, 6) is -0.919. The highest BCUT2D eigenvalue weighted by Crippen LogP contribution is 2.19. The molecule has 0 amide bonds. The van der Waals surface area contributed by atoms with Crippen LogP contribution < -0.4 is 4.74 Å². The Hall–Kier alpha value is -3.42. The first-order valence-electron chi connectivity index (χ1n) is 7.83. The van der Waals surface area contributed by atoms with E-state index in [0.29, 0.717) is 5.75 Å². The molecule has 0 aliphatic heterocycles. The molecule has 0 saturated carbocycles. The number of hydrogen-bond acceptors (Lipinski definition) is 7. The summed E-state index contributed by atoms with van der Waals surface area (Å²) < 4.78 is 15.2. The number of para-hydroxylation sites is 1. The highest BCUT2D eigenvalue weighted by atomic mass is 16.6. The van der Waals surface area contributed by atoms with Crippen LogP contribution in [0, 0.1) is 10.1 Å². The molecule has 0 saturated heterocycles. The molecule has 0 spiro atoms. The third-order valence-electron chi connectivity index (χ3n) is 3.20. The Kier molecular flexibility index (Phi) is 6.67. The third-order valence-corrected chi connectivity index (χ3v) is 3.20. The van der Waals surface area contributed by atoms with Crippen LogP contribution >= 0.6 is 0 Å². The van der Waals surface area contributed by atoms with Crippen molar-refractivity contribution in [2.24, 2.45) is 0 Å². The van der Waals surface area contributed by atoms with Gasteiger partial charge in [0.2, 0.25) is 0 Å². The molecule has 26 heavy (non-hydrogen) atoms. The molecule has 0 aliphatic rings. The van der Waals surface area contributed by atoms with Gasteiger partial charge in [-0.3, -0.25) is 10.1 Å². The van der Waals surface area contributed by atoms with Gasteiger partial charge in [0.1, 0.15) is 19.0 Å². The molecule has 0 radical (unpaired) electrons. The van der Waals surface area contributed by atoms with Gasteiger partial charge in [-0.1, -0.05) is 18.2 Å². The summed E-state index contributed by atoms with van der Waals surface area (Å²) in [6.45, 7) is 1.79. The number of hydrogen-bond donors (Lipinski definition) is 0. The Labute approximate surface area is 149 Å². The summed E-state index contributed by atoms with van der Waals surface area (Å²) in [5.41, 5.74) is -0.599. The van der Waals surface area contributed by atoms with Gasteiger partial charge in [0.25, 0.3) is 5.69 Å². The Morgan fingerprint density at radius 3 is 2.15 bits per heavy atom. The van der Waals surface area contributed by atoms with Crippen LogP contribution in [0.4, 0.5) is 5.69 Å². The molecule has 0 aromatic heterocycles. The minimum Gasteiger partial charge on any atom is -0.490 e. The van der Waals surface area contributed by atoms with Gasteiger partial charge in [0, 0.05) is 12.1 Å². The molecule has 0 heterocycles. The molecule has 0 bridgehead atoms. The van der Waals surface area contributed by atoms with E-state index in [1.807, 2.05) is 6.07 Å². The van der Waals surface area contributed by atoms with Crippen LogP contribution in [-0.2, 0) is 9.47 Å². The van der Waals surface area contributed by atoms with Gasteiger partial charge in [-0.05, 0) is 25.1 Å². The largest absolute Gasteiger partial charge is 0.490 e. The van der Waals surface area contributed by atoms with Gasteiger partial charge in [0.15, 0.2) is 0 Å². The van der Waals surface area contributed by atoms with Crippen molar-refractivity contribution in [3.05, 3.63) is 69.8 Å². The number of carbonyl (C=O) groups is 2. The second kappa shape index (κ2) is 9.16. The van der Waals surface area contributed by atoms with E-state index in [0.717, 1.165) is 12.1 Å². The smallest absolute Gasteiger partial charge is 0.338 e. The van der Waals surface area contributed by atoms with E-state index in [9.17, 15) is 19.7 Å². The van der Waals surface area contributed by atoms with E-state index in [2.05, 4.69) is 0 Å². The zero-order valence-corrected chi connectivity index (χ0v) is 14.0. The summed E-state index contributed by atoms with van der Waals surface area (Å²) in [6, 6.07) is 12.3. The maximum Gasteiger partial charge on any atom is 0.338 e. The fourth-order valence-electron chi connectivity index (χ4n) is 2.06. The van der Waals surface area contributed by atoms with E-state index in [1.54, 1.807) is 31.2 Å². The predicted molar refractivity (Wildman–Crippen MR) is 91.3 cm³/mol. The maximum absolute atomic E-state index is 12.1. The van der Waals surface area contributed by atoms with Crippen molar-refractivity contribution in [3.63, 3.8) is 0 Å². The van der Waals surface area contributed by atoms with Crippen LogP contribution in [-0.4, -0.2) is 36.7 Å². The number of rotatable bonds is 8. The zero-order chi connectivity index (χ0) is 18.9. The lowest BCUT2D eigenvalue weighted by Gasteiger charge is -2.08. The first-order chi connectivity index (χ1) is 12.5. The van der Waals surface area contributed by atoms with Crippen molar-refractivity contribution in [2.45, 2.75) is 6.92 Å². The van der Waals surface area contributed by atoms with Crippen molar-refractivity contribution in [1.29, 1.82) is 0 Å². The zero-order valence-electron chi connectivity index (χ0n) is 14.0. The molecule has 8 nitrogen and oxygen atoms in total. The lowest BCUT2D eigenvalue weighted by molar-refractivity contribution is -0.384. The van der Waals surface area contributed by atoms with Gasteiger partial charge in [-0.2, -0.15) is 0 Å². The van der Waals surface area contributed by atoms with E-state index >= 15 is 0 Å². The van der Waals surface area contributed by atoms with Crippen LogP contribution in [0.15, 0.2) is 48.5 Å². The fraction of sp³-hybridized carbons (Fsp3) is 0.222. The number of nitro benzene ring substituents is 1. The van der Waals surface area contributed by atoms with E-state index in [-0.39, 0.29) is 30.9 Å². The van der Waals surface area contributed by atoms with Crippen LogP contribution in [0.1, 0.15) is 27.6 Å². The highest BCUT2D eigenvalue weighted by Gasteiger charge is 2.19. The molecular formula is C18H17NO7. The van der Waals surface area contributed by atoms with Gasteiger partial charge < -0.3 is 14.2 Å². The molecule has 0 fully saturated rings. The average Bonchev–Trinajstić information content (AvgIpc) is 2.65. The van der Waals surface area contributed by atoms with Gasteiger partial charge in [-0.15, -0.1) is 0 Å². The number of ether oxygens (including phenoxy) is 3. The average molecular weight is 359 g/mol. The number of non-ortho nitro benzene ring substituents is 1. The molecule has 0 aliphatic carbocycles. The lowest BCUT2D eigenvalue weighted by atomic mass is 10.1. The molecule has 2 aromatic carbocycles. The van der Waals surface area contributed by atoms with Crippen LogP contribution in [0.3, 0.4) is 0 Å². The number of esters is 2. The first-order valence-corrected chi connectivity index (χ1v) is 7.83. The molecule has 0 N–H and O–H groups in total. The van der Waals surface area contributed by atoms with Crippen molar-refractivity contribution >= 4 is 17.6 Å². The monoisotopic (exact) mass is 359 g/mol. The maximum atomic E-state index is 12.1. The summed E-state index contributed by atoms with van der Waals surface area (Å²) in [6.07, 6.45) is 0. The van der Waals surface area contributed by atoms with Crippen molar-refractivity contribution in [3.8, 4) is 5.75 Å². The van der Waals surface area contributed by atoms with E-state index < -0.39 is 22.5 Å². The Morgan fingerprint density at radius 2 is 1.58 bits per heavy atom. The van der Waals surface area contributed by atoms with Crippen LogP contribution in [0.5, 0.6) is 5.75 Å². The summed E-state index contributed by atoms with van der Waals surface area (Å²) >= 11 is 0. The third kappa shape index (κ3) is 5.30. The van der Waals surface area contributed by atoms with E-state index in [1.165, 1.54) is 6.07 Å². The standard InChI is InChI=1S/C18H17NO7/c1-2-24-17(20)13-10-14(12-15(11-13)19(22)23)18(21)26-9-8-25-16-6-4-3-5-7-16/h3-7,10-12H,2,8-9H2,1H3. The van der Waals surface area contributed by atoms with Gasteiger partial charge in [0.05, 0.1) is 22.7 Å². The fourth-order valence-corrected chi connectivity index (χ4v) is 2.06. The molecule has 136 valence electrons. The van der Waals surface area contributed by atoms with Crippen LogP contribution in [0.2, 0.25) is 0 Å². The highest BCUT2D eigenvalue weighted by molar-refractivity contribution is 5.96. The topological polar surface area (TPSA) is 105 Å². The summed E-state index contributed by atoms with van der Waals surface area (Å²) in [5, 5.41) is 11.0. The Balaban J connectivity index is 2.02. The SMILES string of the molecule is CCOC(=O)c1cc(C(=O)OCCOc2ccccc2)cc([N+](=O)[O-])c1. The normalized spacial score (nSPS) is 10.0. The number of nitro groups is 1. The van der Waals surface area contributed by atoms with Gasteiger partial charge in [-0.25, -0.2) is 9.59 Å². The minimum absolute atomic E-state index is 0.0504. The quantitative estimate of drug-likeness (QED) is 0.309. The molecule has 0 unspecified atom stereocenters. The number of carbonyl (C=O) groups excluding carboxylic acids is 2. The van der Waals surface area contributed by atoms with E-state index in [4.69, 9.17) is 14.2 Å². The molecule has 2 aromatic rings. The predicted octanol–water partition coefficient (Wildman–Crippen LogP) is 3.01. The molecule has 0 atom stereocenters. The summed E-state index contributed by atoms with van der Waals surface area (Å²) in [7, 11) is 0.